The molecule has 0 unspecified atom stereocenters. The minimum absolute atomic E-state index is 0.286. The van der Waals surface area contributed by atoms with Gasteiger partial charge in [-0.2, -0.15) is 0 Å². The van der Waals surface area contributed by atoms with Gasteiger partial charge in [-0.1, -0.05) is 0 Å². The predicted molar refractivity (Wildman–Crippen MR) is 49.3 cm³/mol. The number of halogens is 3. The standard InChI is InChI=1S/C6H4BrFIN/c1-3-2-4(9)5(8)6(7)10-3/h2H,1H3. The third-order valence-electron chi connectivity index (χ3n) is 1.00. The molecule has 0 spiro atoms. The Bertz CT molecular complexity index is 241. The highest BCUT2D eigenvalue weighted by atomic mass is 127. The first-order valence-electron chi connectivity index (χ1n) is 2.59. The molecule has 0 aliphatic heterocycles. The number of rotatable bonds is 0. The fourth-order valence-electron chi connectivity index (χ4n) is 0.581. The number of aryl methyl sites for hydroxylation is 1. The zero-order chi connectivity index (χ0) is 7.72. The van der Waals surface area contributed by atoms with Crippen LogP contribution in [0.25, 0.3) is 0 Å². The molecule has 0 bridgehead atoms. The lowest BCUT2D eigenvalue weighted by molar-refractivity contribution is 0.604. The molecule has 0 aliphatic carbocycles. The van der Waals surface area contributed by atoms with E-state index in [1.165, 1.54) is 0 Å². The third-order valence-corrected chi connectivity index (χ3v) is 2.31. The fourth-order valence-corrected chi connectivity index (χ4v) is 2.15. The molecule has 1 rings (SSSR count). The van der Waals surface area contributed by atoms with Gasteiger partial charge in [0.05, 0.1) is 3.57 Å². The van der Waals surface area contributed by atoms with E-state index in [1.807, 2.05) is 29.5 Å². The van der Waals surface area contributed by atoms with Crippen molar-refractivity contribution in [3.05, 3.63) is 25.8 Å². The molecule has 1 nitrogen and oxygen atoms in total. The van der Waals surface area contributed by atoms with Crippen molar-refractivity contribution in [2.75, 3.05) is 0 Å². The normalized spacial score (nSPS) is 10.0. The van der Waals surface area contributed by atoms with Crippen LogP contribution >= 0.6 is 38.5 Å². The van der Waals surface area contributed by atoms with E-state index >= 15 is 0 Å². The highest BCUT2D eigenvalue weighted by molar-refractivity contribution is 14.1. The van der Waals surface area contributed by atoms with Crippen molar-refractivity contribution in [1.82, 2.24) is 4.98 Å². The molecule has 0 amide bonds. The smallest absolute Gasteiger partial charge is 0.169 e. The van der Waals surface area contributed by atoms with E-state index in [4.69, 9.17) is 0 Å². The van der Waals surface area contributed by atoms with Crippen LogP contribution in [0.2, 0.25) is 0 Å². The Morgan fingerprint density at radius 1 is 1.70 bits per heavy atom. The van der Waals surface area contributed by atoms with Crippen molar-refractivity contribution in [3.63, 3.8) is 0 Å². The summed E-state index contributed by atoms with van der Waals surface area (Å²) in [5, 5.41) is 0. The summed E-state index contributed by atoms with van der Waals surface area (Å²) >= 11 is 4.94. The maximum atomic E-state index is 12.8. The van der Waals surface area contributed by atoms with Crippen molar-refractivity contribution in [2.24, 2.45) is 0 Å². The van der Waals surface area contributed by atoms with Crippen LogP contribution in [0.5, 0.6) is 0 Å². The first-order valence-corrected chi connectivity index (χ1v) is 4.46. The van der Waals surface area contributed by atoms with Crippen LogP contribution in [0.3, 0.4) is 0 Å². The van der Waals surface area contributed by atoms with Gasteiger partial charge in [0.2, 0.25) is 0 Å². The molecule has 0 aliphatic rings. The van der Waals surface area contributed by atoms with Gasteiger partial charge in [0, 0.05) is 5.69 Å². The highest BCUT2D eigenvalue weighted by Crippen LogP contribution is 2.18. The highest BCUT2D eigenvalue weighted by Gasteiger charge is 2.04. The Kier molecular flexibility index (Phi) is 2.62. The Hall–Kier alpha value is 0.290. The molecule has 0 fully saturated rings. The van der Waals surface area contributed by atoms with E-state index in [0.29, 0.717) is 3.57 Å². The molecular formula is C6H4BrFIN. The minimum atomic E-state index is -0.286. The molecule has 0 aromatic carbocycles. The van der Waals surface area contributed by atoms with Gasteiger partial charge in [0.1, 0.15) is 4.60 Å². The largest absolute Gasteiger partial charge is 0.243 e. The summed E-state index contributed by atoms with van der Waals surface area (Å²) in [5.41, 5.74) is 0.817. The number of hydrogen-bond donors (Lipinski definition) is 0. The number of pyridine rings is 1. The summed E-state index contributed by atoms with van der Waals surface area (Å²) < 4.78 is 13.7. The topological polar surface area (TPSA) is 12.9 Å². The first kappa shape index (κ1) is 8.39. The Labute approximate surface area is 80.3 Å². The van der Waals surface area contributed by atoms with Gasteiger partial charge in [0.15, 0.2) is 5.82 Å². The van der Waals surface area contributed by atoms with Gasteiger partial charge in [-0.15, -0.1) is 0 Å². The predicted octanol–water partition coefficient (Wildman–Crippen LogP) is 2.90. The van der Waals surface area contributed by atoms with Gasteiger partial charge in [-0.3, -0.25) is 0 Å². The molecule has 0 N–H and O–H groups in total. The molecule has 0 atom stereocenters. The summed E-state index contributed by atoms with van der Waals surface area (Å²) in [6.07, 6.45) is 0. The number of hydrogen-bond acceptors (Lipinski definition) is 1. The van der Waals surface area contributed by atoms with Crippen molar-refractivity contribution in [2.45, 2.75) is 6.92 Å². The quantitative estimate of drug-likeness (QED) is 0.530. The van der Waals surface area contributed by atoms with Gasteiger partial charge >= 0.3 is 0 Å². The van der Waals surface area contributed by atoms with E-state index in [-0.39, 0.29) is 10.4 Å². The zero-order valence-electron chi connectivity index (χ0n) is 5.16. The Morgan fingerprint density at radius 2 is 2.30 bits per heavy atom. The van der Waals surface area contributed by atoms with E-state index in [1.54, 1.807) is 6.07 Å². The monoisotopic (exact) mass is 315 g/mol. The molecule has 4 heteroatoms. The Balaban J connectivity index is 3.31. The maximum Gasteiger partial charge on any atom is 0.169 e. The summed E-state index contributed by atoms with van der Waals surface area (Å²) in [6.45, 7) is 1.83. The van der Waals surface area contributed by atoms with Gasteiger partial charge in [0.25, 0.3) is 0 Å². The third kappa shape index (κ3) is 1.66. The second-order valence-corrected chi connectivity index (χ2v) is 3.76. The molecular weight excluding hydrogens is 312 g/mol. The van der Waals surface area contributed by atoms with E-state index < -0.39 is 0 Å². The lowest BCUT2D eigenvalue weighted by atomic mass is 10.4. The van der Waals surface area contributed by atoms with Crippen molar-refractivity contribution in [1.29, 1.82) is 0 Å². The second-order valence-electron chi connectivity index (χ2n) is 1.85. The van der Waals surface area contributed by atoms with Crippen LogP contribution in [-0.2, 0) is 0 Å². The van der Waals surface area contributed by atoms with Crippen LogP contribution in [-0.4, -0.2) is 4.98 Å². The molecule has 10 heavy (non-hydrogen) atoms. The van der Waals surface area contributed by atoms with Crippen LogP contribution in [0.1, 0.15) is 5.69 Å². The van der Waals surface area contributed by atoms with E-state index in [9.17, 15) is 4.39 Å². The summed E-state index contributed by atoms with van der Waals surface area (Å²) in [6, 6.07) is 1.70. The average molecular weight is 316 g/mol. The van der Waals surface area contributed by atoms with E-state index in [0.717, 1.165) is 5.69 Å². The molecule has 0 saturated carbocycles. The first-order chi connectivity index (χ1) is 4.61. The molecule has 1 heterocycles. The van der Waals surface area contributed by atoms with Gasteiger partial charge in [-0.05, 0) is 51.5 Å². The lowest BCUT2D eigenvalue weighted by Crippen LogP contribution is -1.90. The van der Waals surface area contributed by atoms with Crippen LogP contribution in [0.4, 0.5) is 4.39 Å². The van der Waals surface area contributed by atoms with Crippen LogP contribution in [0, 0.1) is 16.3 Å². The van der Waals surface area contributed by atoms with Crippen LogP contribution in [0.15, 0.2) is 10.7 Å². The van der Waals surface area contributed by atoms with Gasteiger partial charge in [-0.25, -0.2) is 9.37 Å². The van der Waals surface area contributed by atoms with Crippen LogP contribution < -0.4 is 0 Å². The lowest BCUT2D eigenvalue weighted by Gasteiger charge is -1.97. The molecule has 0 radical (unpaired) electrons. The summed E-state index contributed by atoms with van der Waals surface area (Å²) in [7, 11) is 0. The van der Waals surface area contributed by atoms with Crippen molar-refractivity contribution < 1.29 is 4.39 Å². The van der Waals surface area contributed by atoms with Crippen molar-refractivity contribution >= 4 is 38.5 Å². The SMILES string of the molecule is Cc1cc(I)c(F)c(Br)n1. The van der Waals surface area contributed by atoms with Gasteiger partial charge < -0.3 is 0 Å². The maximum absolute atomic E-state index is 12.8. The molecule has 54 valence electrons. The summed E-state index contributed by atoms with van der Waals surface area (Å²) in [4.78, 5) is 3.87. The molecule has 0 saturated heterocycles. The molecule has 1 aromatic rings. The zero-order valence-corrected chi connectivity index (χ0v) is 8.90. The number of aromatic nitrogens is 1. The summed E-state index contributed by atoms with van der Waals surface area (Å²) in [5.74, 6) is -0.286. The fraction of sp³-hybridized carbons (Fsp3) is 0.167. The van der Waals surface area contributed by atoms with E-state index in [2.05, 4.69) is 20.9 Å². The average Bonchev–Trinajstić information content (AvgIpc) is 1.82. The second kappa shape index (κ2) is 3.13. The Morgan fingerprint density at radius 3 is 2.80 bits per heavy atom. The molecule has 1 aromatic heterocycles. The number of nitrogens with zero attached hydrogens (tertiary/aromatic N) is 1. The van der Waals surface area contributed by atoms with Crippen molar-refractivity contribution in [3.8, 4) is 0 Å². The minimum Gasteiger partial charge on any atom is -0.243 e.